The van der Waals surface area contributed by atoms with E-state index in [1.54, 1.807) is 36.7 Å². The second kappa shape index (κ2) is 9.47. The Bertz CT molecular complexity index is 991. The minimum Gasteiger partial charge on any atom is -0.434 e. The van der Waals surface area contributed by atoms with Crippen molar-refractivity contribution in [2.75, 3.05) is 0 Å². The first-order valence-corrected chi connectivity index (χ1v) is 9.41. The van der Waals surface area contributed by atoms with Crippen molar-refractivity contribution in [2.45, 2.75) is 40.1 Å². The maximum absolute atomic E-state index is 12.5. The molecular formula is C23H24F2N2O2. The van der Waals surface area contributed by atoms with Crippen LogP contribution in [0.4, 0.5) is 8.78 Å². The van der Waals surface area contributed by atoms with Gasteiger partial charge < -0.3 is 14.6 Å². The van der Waals surface area contributed by atoms with Crippen LogP contribution in [0, 0.1) is 13.8 Å². The van der Waals surface area contributed by atoms with E-state index >= 15 is 0 Å². The van der Waals surface area contributed by atoms with Crippen molar-refractivity contribution < 1.29 is 13.5 Å². The van der Waals surface area contributed by atoms with Crippen LogP contribution in [0.1, 0.15) is 27.8 Å². The Morgan fingerprint density at radius 2 is 1.55 bits per heavy atom. The van der Waals surface area contributed by atoms with E-state index in [-0.39, 0.29) is 11.3 Å². The number of halogens is 2. The fourth-order valence-electron chi connectivity index (χ4n) is 3.32. The standard InChI is InChI=1S/C23H24F2N2O2/c1-16-11-20(12-17(2)22(16)29-23(24)25)14-26-13-18-6-8-19(9-7-18)15-27-10-4-3-5-21(27)28/h3-12,23,26H,13-15H2,1-2H3. The first kappa shape index (κ1) is 20.7. The molecule has 0 aliphatic carbocycles. The summed E-state index contributed by atoms with van der Waals surface area (Å²) in [6.07, 6.45) is 1.78. The molecule has 0 saturated carbocycles. The van der Waals surface area contributed by atoms with Crippen LogP contribution in [-0.2, 0) is 19.6 Å². The summed E-state index contributed by atoms with van der Waals surface area (Å²) in [4.78, 5) is 11.8. The van der Waals surface area contributed by atoms with Gasteiger partial charge in [-0.2, -0.15) is 8.78 Å². The van der Waals surface area contributed by atoms with E-state index in [0.29, 0.717) is 30.8 Å². The van der Waals surface area contributed by atoms with Gasteiger partial charge in [-0.25, -0.2) is 0 Å². The lowest BCUT2D eigenvalue weighted by Gasteiger charge is -2.14. The molecule has 0 amide bonds. The predicted octanol–water partition coefficient (Wildman–Crippen LogP) is 4.40. The minimum absolute atomic E-state index is 0.0196. The molecule has 1 aromatic heterocycles. The zero-order valence-corrected chi connectivity index (χ0v) is 16.5. The highest BCUT2D eigenvalue weighted by Gasteiger charge is 2.11. The normalized spacial score (nSPS) is 11.1. The van der Waals surface area contributed by atoms with Crippen LogP contribution in [0.25, 0.3) is 0 Å². The fraction of sp³-hybridized carbons (Fsp3) is 0.261. The van der Waals surface area contributed by atoms with E-state index < -0.39 is 6.61 Å². The van der Waals surface area contributed by atoms with Crippen molar-refractivity contribution in [1.82, 2.24) is 9.88 Å². The highest BCUT2D eigenvalue weighted by Crippen LogP contribution is 2.26. The van der Waals surface area contributed by atoms with E-state index in [9.17, 15) is 13.6 Å². The van der Waals surface area contributed by atoms with Gasteiger partial charge in [0.25, 0.3) is 5.56 Å². The molecule has 0 spiro atoms. The topological polar surface area (TPSA) is 43.3 Å². The minimum atomic E-state index is -2.82. The average Bonchev–Trinajstić information content (AvgIpc) is 2.68. The molecule has 3 rings (SSSR count). The Kier molecular flexibility index (Phi) is 6.77. The zero-order chi connectivity index (χ0) is 20.8. The molecule has 0 fully saturated rings. The first-order chi connectivity index (χ1) is 13.9. The van der Waals surface area contributed by atoms with Gasteiger partial charge >= 0.3 is 6.61 Å². The van der Waals surface area contributed by atoms with Crippen molar-refractivity contribution in [1.29, 1.82) is 0 Å². The van der Waals surface area contributed by atoms with Crippen LogP contribution in [0.3, 0.4) is 0 Å². The molecule has 1 heterocycles. The molecule has 1 N–H and O–H groups in total. The summed E-state index contributed by atoms with van der Waals surface area (Å²) in [5.41, 5.74) is 4.57. The highest BCUT2D eigenvalue weighted by atomic mass is 19.3. The lowest BCUT2D eigenvalue weighted by atomic mass is 10.1. The van der Waals surface area contributed by atoms with Crippen molar-refractivity contribution in [3.8, 4) is 5.75 Å². The van der Waals surface area contributed by atoms with Gasteiger partial charge in [-0.05, 0) is 47.7 Å². The van der Waals surface area contributed by atoms with Crippen molar-refractivity contribution in [2.24, 2.45) is 0 Å². The lowest BCUT2D eigenvalue weighted by Crippen LogP contribution is -2.18. The first-order valence-electron chi connectivity index (χ1n) is 9.41. The van der Waals surface area contributed by atoms with Crippen LogP contribution in [0.2, 0.25) is 0 Å². The number of nitrogens with one attached hydrogen (secondary N) is 1. The summed E-state index contributed by atoms with van der Waals surface area (Å²) in [5, 5.41) is 3.37. The zero-order valence-electron chi connectivity index (χ0n) is 16.5. The number of alkyl halides is 2. The maximum Gasteiger partial charge on any atom is 0.387 e. The van der Waals surface area contributed by atoms with Gasteiger partial charge in [0.2, 0.25) is 0 Å². The van der Waals surface area contributed by atoms with Crippen molar-refractivity contribution in [3.63, 3.8) is 0 Å². The number of ether oxygens (including phenoxy) is 1. The molecule has 0 radical (unpaired) electrons. The summed E-state index contributed by atoms with van der Waals surface area (Å²) >= 11 is 0. The van der Waals surface area contributed by atoms with Crippen molar-refractivity contribution in [3.05, 3.63) is 99.0 Å². The summed E-state index contributed by atoms with van der Waals surface area (Å²) in [6, 6.07) is 16.9. The largest absolute Gasteiger partial charge is 0.434 e. The number of hydrogen-bond acceptors (Lipinski definition) is 3. The Morgan fingerprint density at radius 3 is 2.17 bits per heavy atom. The summed E-state index contributed by atoms with van der Waals surface area (Å²) in [5.74, 6) is 0.247. The van der Waals surface area contributed by atoms with Gasteiger partial charge in [0.1, 0.15) is 5.75 Å². The van der Waals surface area contributed by atoms with Crippen LogP contribution in [0.15, 0.2) is 65.6 Å². The number of benzene rings is 2. The van der Waals surface area contributed by atoms with Gasteiger partial charge in [0.15, 0.2) is 0 Å². The average molecular weight is 398 g/mol. The van der Waals surface area contributed by atoms with Crippen LogP contribution in [0.5, 0.6) is 5.75 Å². The number of aryl methyl sites for hydroxylation is 2. The third kappa shape index (κ3) is 5.74. The molecule has 0 unspecified atom stereocenters. The molecule has 0 atom stereocenters. The number of pyridine rings is 1. The molecule has 4 nitrogen and oxygen atoms in total. The quantitative estimate of drug-likeness (QED) is 0.611. The van der Waals surface area contributed by atoms with Gasteiger partial charge in [-0.15, -0.1) is 0 Å². The third-order valence-electron chi connectivity index (χ3n) is 4.66. The molecule has 152 valence electrons. The Morgan fingerprint density at radius 1 is 0.931 bits per heavy atom. The van der Waals surface area contributed by atoms with E-state index in [0.717, 1.165) is 16.7 Å². The number of rotatable bonds is 8. The lowest BCUT2D eigenvalue weighted by molar-refractivity contribution is -0.0507. The third-order valence-corrected chi connectivity index (χ3v) is 4.66. The van der Waals surface area contributed by atoms with Crippen LogP contribution < -0.4 is 15.6 Å². The van der Waals surface area contributed by atoms with E-state index in [1.165, 1.54) is 0 Å². The van der Waals surface area contributed by atoms with Gasteiger partial charge in [0, 0.05) is 25.4 Å². The van der Waals surface area contributed by atoms with Crippen molar-refractivity contribution >= 4 is 0 Å². The smallest absolute Gasteiger partial charge is 0.387 e. The molecule has 3 aromatic rings. The second-order valence-electron chi connectivity index (χ2n) is 7.02. The second-order valence-corrected chi connectivity index (χ2v) is 7.02. The van der Waals surface area contributed by atoms with Gasteiger partial charge in [-0.1, -0.05) is 42.5 Å². The van der Waals surface area contributed by atoms with Gasteiger partial charge in [0.05, 0.1) is 6.54 Å². The number of nitrogens with zero attached hydrogens (tertiary/aromatic N) is 1. The number of hydrogen-bond donors (Lipinski definition) is 1. The summed E-state index contributed by atoms with van der Waals surface area (Å²) in [7, 11) is 0. The Balaban J connectivity index is 1.55. The predicted molar refractivity (Wildman–Crippen MR) is 109 cm³/mol. The van der Waals surface area contributed by atoms with E-state index in [1.807, 2.05) is 42.5 Å². The summed E-state index contributed by atoms with van der Waals surface area (Å²) < 4.78 is 31.2. The Labute approximate surface area is 168 Å². The number of aromatic nitrogens is 1. The molecule has 2 aromatic carbocycles. The molecular weight excluding hydrogens is 374 g/mol. The maximum atomic E-state index is 12.5. The summed E-state index contributed by atoms with van der Waals surface area (Å²) in [6.45, 7) is 2.56. The van der Waals surface area contributed by atoms with E-state index in [2.05, 4.69) is 10.1 Å². The van der Waals surface area contributed by atoms with Gasteiger partial charge in [-0.3, -0.25) is 4.79 Å². The Hall–Kier alpha value is -2.99. The van der Waals surface area contributed by atoms with Crippen LogP contribution in [-0.4, -0.2) is 11.2 Å². The molecule has 29 heavy (non-hydrogen) atoms. The SMILES string of the molecule is Cc1cc(CNCc2ccc(Cn3ccccc3=O)cc2)cc(C)c1OC(F)F. The highest BCUT2D eigenvalue weighted by molar-refractivity contribution is 5.43. The monoisotopic (exact) mass is 398 g/mol. The molecule has 0 bridgehead atoms. The molecule has 6 heteroatoms. The molecule has 0 aliphatic heterocycles. The fourth-order valence-corrected chi connectivity index (χ4v) is 3.32. The van der Waals surface area contributed by atoms with E-state index in [4.69, 9.17) is 0 Å². The van der Waals surface area contributed by atoms with Crippen LogP contribution >= 0.6 is 0 Å². The molecule has 0 saturated heterocycles. The molecule has 0 aliphatic rings.